The summed E-state index contributed by atoms with van der Waals surface area (Å²) >= 11 is 0. The molecule has 0 radical (unpaired) electrons. The SMILES string of the molecule is CCOc1ccc(C(N)COCC2CCCC2)cc1. The highest BCUT2D eigenvalue weighted by Gasteiger charge is 2.15. The summed E-state index contributed by atoms with van der Waals surface area (Å²) in [6, 6.07) is 7.94. The predicted octanol–water partition coefficient (Wildman–Crippen LogP) is 3.29. The minimum absolute atomic E-state index is 0.0444. The smallest absolute Gasteiger partial charge is 0.119 e. The van der Waals surface area contributed by atoms with Crippen molar-refractivity contribution in [2.75, 3.05) is 19.8 Å². The Morgan fingerprint density at radius 3 is 2.53 bits per heavy atom. The fraction of sp³-hybridized carbons (Fsp3) is 0.625. The van der Waals surface area contributed by atoms with Crippen molar-refractivity contribution in [3.63, 3.8) is 0 Å². The lowest BCUT2D eigenvalue weighted by molar-refractivity contribution is 0.0904. The normalized spacial score (nSPS) is 17.6. The van der Waals surface area contributed by atoms with Gasteiger partial charge >= 0.3 is 0 Å². The van der Waals surface area contributed by atoms with Crippen molar-refractivity contribution in [3.8, 4) is 5.75 Å². The maximum absolute atomic E-state index is 6.14. The largest absolute Gasteiger partial charge is 0.494 e. The van der Waals surface area contributed by atoms with Gasteiger partial charge in [0.25, 0.3) is 0 Å². The molecule has 1 aromatic rings. The van der Waals surface area contributed by atoms with Crippen LogP contribution in [0.4, 0.5) is 0 Å². The Morgan fingerprint density at radius 1 is 1.21 bits per heavy atom. The summed E-state index contributed by atoms with van der Waals surface area (Å²) in [6.45, 7) is 4.14. The van der Waals surface area contributed by atoms with Crippen LogP contribution < -0.4 is 10.5 Å². The lowest BCUT2D eigenvalue weighted by atomic mass is 10.1. The highest BCUT2D eigenvalue weighted by atomic mass is 16.5. The fourth-order valence-electron chi connectivity index (χ4n) is 2.61. The van der Waals surface area contributed by atoms with Crippen LogP contribution >= 0.6 is 0 Å². The third-order valence-electron chi connectivity index (χ3n) is 3.74. The molecule has 1 aliphatic rings. The van der Waals surface area contributed by atoms with Crippen LogP contribution in [0.1, 0.15) is 44.2 Å². The average Bonchev–Trinajstić information content (AvgIpc) is 2.93. The fourth-order valence-corrected chi connectivity index (χ4v) is 2.61. The van der Waals surface area contributed by atoms with Crippen molar-refractivity contribution in [2.24, 2.45) is 11.7 Å². The first-order valence-corrected chi connectivity index (χ1v) is 7.35. The Kier molecular flexibility index (Phi) is 5.67. The van der Waals surface area contributed by atoms with E-state index < -0.39 is 0 Å². The Bertz CT molecular complexity index is 358. The van der Waals surface area contributed by atoms with E-state index in [0.717, 1.165) is 23.8 Å². The van der Waals surface area contributed by atoms with E-state index in [4.69, 9.17) is 15.2 Å². The van der Waals surface area contributed by atoms with Crippen LogP contribution in [0.3, 0.4) is 0 Å². The van der Waals surface area contributed by atoms with Crippen molar-refractivity contribution in [1.29, 1.82) is 0 Å². The van der Waals surface area contributed by atoms with Crippen LogP contribution in [0.2, 0.25) is 0 Å². The molecule has 1 unspecified atom stereocenters. The maximum atomic E-state index is 6.14. The number of hydrogen-bond acceptors (Lipinski definition) is 3. The molecule has 0 amide bonds. The van der Waals surface area contributed by atoms with Gasteiger partial charge < -0.3 is 15.2 Å². The summed E-state index contributed by atoms with van der Waals surface area (Å²) in [5.41, 5.74) is 7.24. The van der Waals surface area contributed by atoms with Gasteiger partial charge in [-0.25, -0.2) is 0 Å². The summed E-state index contributed by atoms with van der Waals surface area (Å²) in [4.78, 5) is 0. The van der Waals surface area contributed by atoms with E-state index in [2.05, 4.69) is 0 Å². The Hall–Kier alpha value is -1.06. The molecule has 1 atom stereocenters. The highest BCUT2D eigenvalue weighted by molar-refractivity contribution is 5.29. The second-order valence-corrected chi connectivity index (χ2v) is 5.30. The van der Waals surface area contributed by atoms with E-state index in [1.54, 1.807) is 0 Å². The van der Waals surface area contributed by atoms with Gasteiger partial charge in [0.15, 0.2) is 0 Å². The van der Waals surface area contributed by atoms with Crippen LogP contribution in [0, 0.1) is 5.92 Å². The molecule has 0 bridgehead atoms. The molecule has 19 heavy (non-hydrogen) atoms. The van der Waals surface area contributed by atoms with Crippen LogP contribution in [0.5, 0.6) is 5.75 Å². The zero-order valence-corrected chi connectivity index (χ0v) is 11.8. The third-order valence-corrected chi connectivity index (χ3v) is 3.74. The van der Waals surface area contributed by atoms with E-state index in [0.29, 0.717) is 13.2 Å². The lowest BCUT2D eigenvalue weighted by Gasteiger charge is -2.15. The van der Waals surface area contributed by atoms with Gasteiger partial charge in [0.1, 0.15) is 5.75 Å². The van der Waals surface area contributed by atoms with Crippen molar-refractivity contribution < 1.29 is 9.47 Å². The molecule has 106 valence electrons. The molecule has 3 heteroatoms. The Morgan fingerprint density at radius 2 is 1.89 bits per heavy atom. The van der Waals surface area contributed by atoms with Gasteiger partial charge in [-0.3, -0.25) is 0 Å². The number of rotatable bonds is 7. The highest BCUT2D eigenvalue weighted by Crippen LogP contribution is 2.25. The first kappa shape index (κ1) is 14.4. The van der Waals surface area contributed by atoms with Crippen LogP contribution in [0.15, 0.2) is 24.3 Å². The second-order valence-electron chi connectivity index (χ2n) is 5.30. The van der Waals surface area contributed by atoms with Gasteiger partial charge in [0.05, 0.1) is 19.3 Å². The molecule has 1 aromatic carbocycles. The number of benzene rings is 1. The molecule has 0 spiro atoms. The van der Waals surface area contributed by atoms with E-state index in [9.17, 15) is 0 Å². The van der Waals surface area contributed by atoms with Gasteiger partial charge in [-0.15, -0.1) is 0 Å². The first-order valence-electron chi connectivity index (χ1n) is 7.35. The van der Waals surface area contributed by atoms with Gasteiger partial charge in [0, 0.05) is 6.61 Å². The quantitative estimate of drug-likeness (QED) is 0.821. The lowest BCUT2D eigenvalue weighted by Crippen LogP contribution is -2.19. The van der Waals surface area contributed by atoms with Gasteiger partial charge in [-0.2, -0.15) is 0 Å². The van der Waals surface area contributed by atoms with Crippen LogP contribution in [-0.4, -0.2) is 19.8 Å². The minimum atomic E-state index is -0.0444. The topological polar surface area (TPSA) is 44.5 Å². The summed E-state index contributed by atoms with van der Waals surface area (Å²) in [5, 5.41) is 0. The van der Waals surface area contributed by atoms with E-state index in [-0.39, 0.29) is 6.04 Å². The molecule has 0 heterocycles. The molecule has 2 rings (SSSR count). The van der Waals surface area contributed by atoms with Crippen LogP contribution in [-0.2, 0) is 4.74 Å². The molecule has 1 aliphatic carbocycles. The standard InChI is InChI=1S/C16H25NO2/c1-2-19-15-9-7-14(8-10-15)16(17)12-18-11-13-5-3-4-6-13/h7-10,13,16H,2-6,11-12,17H2,1H3. The number of ether oxygens (including phenoxy) is 2. The van der Waals surface area contributed by atoms with E-state index in [1.165, 1.54) is 25.7 Å². The monoisotopic (exact) mass is 263 g/mol. The summed E-state index contributed by atoms with van der Waals surface area (Å²) in [6.07, 6.45) is 5.36. The minimum Gasteiger partial charge on any atom is -0.494 e. The molecule has 0 saturated heterocycles. The van der Waals surface area contributed by atoms with E-state index >= 15 is 0 Å². The van der Waals surface area contributed by atoms with E-state index in [1.807, 2.05) is 31.2 Å². The molecule has 1 saturated carbocycles. The molecular formula is C16H25NO2. The molecule has 2 N–H and O–H groups in total. The van der Waals surface area contributed by atoms with Gasteiger partial charge in [-0.05, 0) is 43.4 Å². The maximum Gasteiger partial charge on any atom is 0.119 e. The second kappa shape index (κ2) is 7.51. The zero-order valence-electron chi connectivity index (χ0n) is 11.8. The predicted molar refractivity (Wildman–Crippen MR) is 77.3 cm³/mol. The summed E-state index contributed by atoms with van der Waals surface area (Å²) < 4.78 is 11.2. The summed E-state index contributed by atoms with van der Waals surface area (Å²) in [7, 11) is 0. The van der Waals surface area contributed by atoms with Crippen molar-refractivity contribution in [1.82, 2.24) is 0 Å². The average molecular weight is 263 g/mol. The number of nitrogens with two attached hydrogens (primary N) is 1. The molecule has 1 fully saturated rings. The summed E-state index contributed by atoms with van der Waals surface area (Å²) in [5.74, 6) is 1.65. The molecule has 0 aliphatic heterocycles. The molecular weight excluding hydrogens is 238 g/mol. The molecule has 0 aromatic heterocycles. The first-order chi connectivity index (χ1) is 9.29. The third kappa shape index (κ3) is 4.51. The van der Waals surface area contributed by atoms with Gasteiger partial charge in [0.2, 0.25) is 0 Å². The molecule has 3 nitrogen and oxygen atoms in total. The Labute approximate surface area is 116 Å². The Balaban J connectivity index is 1.73. The van der Waals surface area contributed by atoms with Crippen molar-refractivity contribution in [2.45, 2.75) is 38.6 Å². The van der Waals surface area contributed by atoms with Crippen molar-refractivity contribution >= 4 is 0 Å². The van der Waals surface area contributed by atoms with Crippen molar-refractivity contribution in [3.05, 3.63) is 29.8 Å². The van der Waals surface area contributed by atoms with Gasteiger partial charge in [-0.1, -0.05) is 25.0 Å². The number of hydrogen-bond donors (Lipinski definition) is 1. The zero-order chi connectivity index (χ0) is 13.5. The van der Waals surface area contributed by atoms with Crippen LogP contribution in [0.25, 0.3) is 0 Å².